The Morgan fingerprint density at radius 3 is 2.48 bits per heavy atom. The van der Waals surface area contributed by atoms with Gasteiger partial charge in [-0.15, -0.1) is 0 Å². The van der Waals surface area contributed by atoms with Gasteiger partial charge in [-0.1, -0.05) is 42.1 Å². The van der Waals surface area contributed by atoms with Crippen LogP contribution in [0.15, 0.2) is 70.2 Å². The second-order valence-corrected chi connectivity index (χ2v) is 11.3. The van der Waals surface area contributed by atoms with Crippen LogP contribution in [0.5, 0.6) is 11.5 Å². The summed E-state index contributed by atoms with van der Waals surface area (Å²) in [5.41, 5.74) is 2.93. The van der Waals surface area contributed by atoms with Gasteiger partial charge in [0, 0.05) is 29.9 Å². The molecular formula is C33H37N3O7S. The number of rotatable bonds is 10. The van der Waals surface area contributed by atoms with E-state index < -0.39 is 12.0 Å². The van der Waals surface area contributed by atoms with Crippen molar-refractivity contribution in [2.75, 3.05) is 40.5 Å². The number of hydrogen-bond donors (Lipinski definition) is 0. The molecule has 1 fully saturated rings. The molecule has 11 heteroatoms. The van der Waals surface area contributed by atoms with Crippen molar-refractivity contribution in [2.24, 2.45) is 10.9 Å². The number of methoxy groups -OCH3 is 2. The number of carbonyl (C=O) groups is 3. The number of piperidine rings is 1. The van der Waals surface area contributed by atoms with Gasteiger partial charge < -0.3 is 28.7 Å². The molecule has 10 nitrogen and oxygen atoms in total. The highest BCUT2D eigenvalue weighted by molar-refractivity contribution is 8.16. The van der Waals surface area contributed by atoms with Crippen LogP contribution in [0.25, 0.3) is 5.70 Å². The average molecular weight is 620 g/mol. The third-order valence-corrected chi connectivity index (χ3v) is 8.70. The molecule has 2 aromatic rings. The Morgan fingerprint density at radius 1 is 1.00 bits per heavy atom. The Kier molecular flexibility index (Phi) is 9.94. The molecule has 44 heavy (non-hydrogen) atoms. The predicted molar refractivity (Wildman–Crippen MR) is 168 cm³/mol. The molecule has 0 spiro atoms. The molecule has 1 saturated heterocycles. The zero-order valence-corrected chi connectivity index (χ0v) is 26.2. The predicted octanol–water partition coefficient (Wildman–Crippen LogP) is 5.17. The summed E-state index contributed by atoms with van der Waals surface area (Å²) in [5, 5.41) is 2.53. The minimum atomic E-state index is -0.732. The summed E-state index contributed by atoms with van der Waals surface area (Å²) in [7, 11) is 3.15. The summed E-state index contributed by atoms with van der Waals surface area (Å²) in [6, 6.07) is 14.2. The monoisotopic (exact) mass is 619 g/mol. The Balaban J connectivity index is 1.57. The minimum absolute atomic E-state index is 0.0567. The summed E-state index contributed by atoms with van der Waals surface area (Å²) in [5.74, 6) is -0.108. The van der Waals surface area contributed by atoms with E-state index >= 15 is 0 Å². The Bertz CT molecular complexity index is 1500. The van der Waals surface area contributed by atoms with Gasteiger partial charge in [-0.3, -0.25) is 9.59 Å². The lowest BCUT2D eigenvalue weighted by molar-refractivity contribution is -0.151. The molecule has 2 atom stereocenters. The van der Waals surface area contributed by atoms with E-state index in [1.165, 1.54) is 11.8 Å². The molecule has 0 bridgehead atoms. The van der Waals surface area contributed by atoms with Gasteiger partial charge in [-0.25, -0.2) is 9.79 Å². The second kappa shape index (κ2) is 14.0. The van der Waals surface area contributed by atoms with Crippen molar-refractivity contribution in [3.8, 4) is 11.5 Å². The quantitative estimate of drug-likeness (QED) is 0.333. The van der Waals surface area contributed by atoms with E-state index in [0.717, 1.165) is 12.0 Å². The van der Waals surface area contributed by atoms with Gasteiger partial charge in [0.25, 0.3) is 0 Å². The van der Waals surface area contributed by atoms with Crippen LogP contribution in [-0.4, -0.2) is 73.3 Å². The molecule has 0 saturated carbocycles. The van der Waals surface area contributed by atoms with Gasteiger partial charge in [0.05, 0.1) is 57.1 Å². The fourth-order valence-corrected chi connectivity index (χ4v) is 6.68. The van der Waals surface area contributed by atoms with E-state index in [1.54, 1.807) is 45.1 Å². The average Bonchev–Trinajstić information content (AvgIpc) is 3.46. The first-order chi connectivity index (χ1) is 21.4. The van der Waals surface area contributed by atoms with Crippen LogP contribution in [0.3, 0.4) is 0 Å². The van der Waals surface area contributed by atoms with Crippen LogP contribution in [0.1, 0.15) is 50.3 Å². The SMILES string of the molecule is CCOC(=O)C1=C(c2ccccc2)N=C2SC=C(CC(=O)N3CCC[C@@H](C(=O)OCC)C3)N2[C@@H]1c1cc(OC)ccc1OC. The van der Waals surface area contributed by atoms with Crippen molar-refractivity contribution < 1.29 is 33.3 Å². The number of fused-ring (bicyclic) bond motifs is 1. The van der Waals surface area contributed by atoms with E-state index in [4.69, 9.17) is 23.9 Å². The third kappa shape index (κ3) is 6.33. The topological polar surface area (TPSA) is 107 Å². The van der Waals surface area contributed by atoms with Crippen molar-refractivity contribution in [2.45, 2.75) is 39.2 Å². The maximum Gasteiger partial charge on any atom is 0.338 e. The number of amides is 1. The Labute approximate surface area is 261 Å². The fraction of sp³-hybridized carbons (Fsp3) is 0.394. The lowest BCUT2D eigenvalue weighted by atomic mass is 9.90. The molecule has 3 heterocycles. The molecule has 5 rings (SSSR count). The molecule has 3 aliphatic heterocycles. The number of amidine groups is 1. The number of aliphatic imine (C=N–C) groups is 1. The Hall–Kier alpha value is -4.25. The lowest BCUT2D eigenvalue weighted by Crippen LogP contribution is -2.44. The number of benzene rings is 2. The highest BCUT2D eigenvalue weighted by atomic mass is 32.2. The molecule has 232 valence electrons. The smallest absolute Gasteiger partial charge is 0.338 e. The number of likely N-dealkylation sites (tertiary alicyclic amines) is 1. The lowest BCUT2D eigenvalue weighted by Gasteiger charge is -2.38. The van der Waals surface area contributed by atoms with Crippen LogP contribution in [0, 0.1) is 5.92 Å². The van der Waals surface area contributed by atoms with Gasteiger partial charge in [0.1, 0.15) is 11.5 Å². The first-order valence-corrected chi connectivity index (χ1v) is 15.6. The molecular weight excluding hydrogens is 582 g/mol. The van der Waals surface area contributed by atoms with E-state index in [1.807, 2.05) is 46.7 Å². The largest absolute Gasteiger partial charge is 0.497 e. The number of hydrogen-bond acceptors (Lipinski definition) is 10. The standard InChI is InChI=1S/C33H37N3O7S/c1-5-42-31(38)22-13-10-16-35(19-22)27(37)17-23-20-44-33-34-29(21-11-8-7-9-12-21)28(32(39)43-6-2)30(36(23)33)25-18-24(40-3)14-15-26(25)41-4/h7-9,11-12,14-15,18,20,22,30H,5-6,10,13,16-17,19H2,1-4H3/t22-,30-/m1/s1. The second-order valence-electron chi connectivity index (χ2n) is 10.5. The molecule has 0 aliphatic carbocycles. The number of ether oxygens (including phenoxy) is 4. The Morgan fingerprint density at radius 2 is 1.77 bits per heavy atom. The van der Waals surface area contributed by atoms with Gasteiger partial charge >= 0.3 is 11.9 Å². The van der Waals surface area contributed by atoms with Gasteiger partial charge in [0.15, 0.2) is 5.17 Å². The van der Waals surface area contributed by atoms with Crippen molar-refractivity contribution in [3.05, 3.63) is 76.3 Å². The zero-order valence-electron chi connectivity index (χ0n) is 25.4. The van der Waals surface area contributed by atoms with Crippen molar-refractivity contribution >= 4 is 40.5 Å². The summed E-state index contributed by atoms with van der Waals surface area (Å²) in [6.45, 7) is 4.91. The maximum absolute atomic E-state index is 13.8. The van der Waals surface area contributed by atoms with Crippen LogP contribution < -0.4 is 9.47 Å². The van der Waals surface area contributed by atoms with Crippen LogP contribution in [0.4, 0.5) is 0 Å². The van der Waals surface area contributed by atoms with E-state index in [-0.39, 0.29) is 30.8 Å². The number of nitrogens with zero attached hydrogens (tertiary/aromatic N) is 3. The fourth-order valence-electron chi connectivity index (χ4n) is 5.76. The van der Waals surface area contributed by atoms with Gasteiger partial charge in [0.2, 0.25) is 5.91 Å². The zero-order chi connectivity index (χ0) is 31.2. The minimum Gasteiger partial charge on any atom is -0.497 e. The summed E-state index contributed by atoms with van der Waals surface area (Å²) < 4.78 is 22.2. The molecule has 1 amide bonds. The summed E-state index contributed by atoms with van der Waals surface area (Å²) in [4.78, 5) is 48.6. The number of esters is 2. The first kappa shape index (κ1) is 31.2. The summed E-state index contributed by atoms with van der Waals surface area (Å²) in [6.07, 6.45) is 1.47. The van der Waals surface area contributed by atoms with E-state index in [9.17, 15) is 14.4 Å². The van der Waals surface area contributed by atoms with Gasteiger partial charge in [-0.2, -0.15) is 0 Å². The molecule has 3 aliphatic rings. The van der Waals surface area contributed by atoms with Crippen LogP contribution >= 0.6 is 11.8 Å². The van der Waals surface area contributed by atoms with Crippen molar-refractivity contribution in [3.63, 3.8) is 0 Å². The van der Waals surface area contributed by atoms with E-state index in [2.05, 4.69) is 0 Å². The molecule has 2 aromatic carbocycles. The highest BCUT2D eigenvalue weighted by Crippen LogP contribution is 2.49. The number of carbonyl (C=O) groups excluding carboxylic acids is 3. The molecule has 0 radical (unpaired) electrons. The molecule has 0 N–H and O–H groups in total. The molecule has 0 unspecified atom stereocenters. The van der Waals surface area contributed by atoms with Crippen LogP contribution in [0.2, 0.25) is 0 Å². The third-order valence-electron chi connectivity index (χ3n) is 7.81. The normalized spacial score (nSPS) is 19.5. The van der Waals surface area contributed by atoms with Gasteiger partial charge in [-0.05, 0) is 50.3 Å². The number of thioether (sulfide) groups is 1. The molecule has 0 aromatic heterocycles. The van der Waals surface area contributed by atoms with Crippen molar-refractivity contribution in [1.82, 2.24) is 9.80 Å². The van der Waals surface area contributed by atoms with Crippen LogP contribution in [-0.2, 0) is 23.9 Å². The van der Waals surface area contributed by atoms with Crippen molar-refractivity contribution in [1.29, 1.82) is 0 Å². The maximum atomic E-state index is 13.8. The first-order valence-electron chi connectivity index (χ1n) is 14.8. The van der Waals surface area contributed by atoms with E-state index in [0.29, 0.717) is 65.3 Å². The highest BCUT2D eigenvalue weighted by Gasteiger charge is 2.44. The summed E-state index contributed by atoms with van der Waals surface area (Å²) >= 11 is 1.39.